The first kappa shape index (κ1) is 23.4. The molecule has 0 N–H and O–H groups in total. The normalized spacial score (nSPS) is 24.7. The van der Waals surface area contributed by atoms with Crippen LogP contribution in [0.25, 0.3) is 0 Å². The molecule has 0 spiro atoms. The Balaban J connectivity index is 1.37. The number of anilines is 1. The maximum atomic E-state index is 13.3. The predicted octanol–water partition coefficient (Wildman–Crippen LogP) is 2.79. The van der Waals surface area contributed by atoms with Gasteiger partial charge in [0.1, 0.15) is 0 Å². The SMILES string of the molecule is O=C(CN1CCN(c2cccc(C(F)(F)F)c2)CC1)N(C1CCCC1)[C@H]1CCS(=O)(=O)C1. The van der Waals surface area contributed by atoms with E-state index in [0.29, 0.717) is 38.3 Å². The molecule has 0 aromatic heterocycles. The van der Waals surface area contributed by atoms with E-state index in [1.165, 1.54) is 12.1 Å². The topological polar surface area (TPSA) is 60.9 Å². The zero-order chi connectivity index (χ0) is 22.9. The number of rotatable bonds is 5. The highest BCUT2D eigenvalue weighted by Gasteiger charge is 2.39. The van der Waals surface area contributed by atoms with Crippen LogP contribution in [0.3, 0.4) is 0 Å². The van der Waals surface area contributed by atoms with Crippen LogP contribution in [-0.2, 0) is 20.8 Å². The Bertz CT molecular complexity index is 924. The smallest absolute Gasteiger partial charge is 0.369 e. The van der Waals surface area contributed by atoms with Crippen LogP contribution < -0.4 is 4.90 Å². The van der Waals surface area contributed by atoms with E-state index in [-0.39, 0.29) is 36.0 Å². The van der Waals surface area contributed by atoms with Crippen LogP contribution in [0, 0.1) is 0 Å². The van der Waals surface area contributed by atoms with Crippen LogP contribution in [0.1, 0.15) is 37.7 Å². The van der Waals surface area contributed by atoms with Gasteiger partial charge in [0.05, 0.1) is 23.6 Å². The van der Waals surface area contributed by atoms with Gasteiger partial charge >= 0.3 is 6.18 Å². The fourth-order valence-corrected chi connectivity index (χ4v) is 6.91. The number of amides is 1. The minimum Gasteiger partial charge on any atom is -0.369 e. The molecule has 4 rings (SSSR count). The van der Waals surface area contributed by atoms with Crippen molar-refractivity contribution in [3.63, 3.8) is 0 Å². The average Bonchev–Trinajstić information content (AvgIpc) is 3.38. The van der Waals surface area contributed by atoms with E-state index in [4.69, 9.17) is 0 Å². The minimum absolute atomic E-state index is 0.0217. The molecule has 10 heteroatoms. The Kier molecular flexibility index (Phi) is 6.72. The van der Waals surface area contributed by atoms with E-state index < -0.39 is 21.6 Å². The molecule has 0 unspecified atom stereocenters. The highest BCUT2D eigenvalue weighted by molar-refractivity contribution is 7.91. The third kappa shape index (κ3) is 5.39. The summed E-state index contributed by atoms with van der Waals surface area (Å²) in [7, 11) is -3.08. The van der Waals surface area contributed by atoms with Crippen molar-refractivity contribution in [3.05, 3.63) is 29.8 Å². The summed E-state index contributed by atoms with van der Waals surface area (Å²) in [5.41, 5.74) is -0.124. The summed E-state index contributed by atoms with van der Waals surface area (Å²) >= 11 is 0. The molecule has 1 atom stereocenters. The highest BCUT2D eigenvalue weighted by atomic mass is 32.2. The number of carbonyl (C=O) groups is 1. The molecule has 2 aliphatic heterocycles. The Hall–Kier alpha value is -1.81. The number of alkyl halides is 3. The van der Waals surface area contributed by atoms with E-state index in [0.717, 1.165) is 31.7 Å². The molecule has 6 nitrogen and oxygen atoms in total. The maximum Gasteiger partial charge on any atom is 0.416 e. The van der Waals surface area contributed by atoms with Crippen LogP contribution in [0.15, 0.2) is 24.3 Å². The molecule has 2 heterocycles. The summed E-state index contributed by atoms with van der Waals surface area (Å²) in [6.45, 7) is 2.45. The Labute approximate surface area is 187 Å². The molecule has 0 bridgehead atoms. The van der Waals surface area contributed by atoms with Crippen LogP contribution in [-0.4, -0.2) is 80.4 Å². The molecule has 1 amide bonds. The highest BCUT2D eigenvalue weighted by Crippen LogP contribution is 2.32. The molecule has 1 aliphatic carbocycles. The molecular formula is C22H30F3N3O3S. The van der Waals surface area contributed by atoms with Gasteiger partial charge in [-0.25, -0.2) is 8.42 Å². The van der Waals surface area contributed by atoms with Crippen molar-refractivity contribution in [2.24, 2.45) is 0 Å². The summed E-state index contributed by atoms with van der Waals surface area (Å²) in [5, 5.41) is 0. The van der Waals surface area contributed by atoms with E-state index in [2.05, 4.69) is 0 Å². The first-order valence-corrected chi connectivity index (χ1v) is 13.1. The summed E-state index contributed by atoms with van der Waals surface area (Å²) in [4.78, 5) is 19.0. The van der Waals surface area contributed by atoms with Gasteiger partial charge < -0.3 is 9.80 Å². The van der Waals surface area contributed by atoms with Crippen molar-refractivity contribution >= 4 is 21.4 Å². The molecule has 32 heavy (non-hydrogen) atoms. The number of benzene rings is 1. The van der Waals surface area contributed by atoms with Gasteiger partial charge in [0.15, 0.2) is 9.84 Å². The van der Waals surface area contributed by atoms with Gasteiger partial charge in [-0.3, -0.25) is 9.69 Å². The van der Waals surface area contributed by atoms with Crippen molar-refractivity contribution in [1.29, 1.82) is 0 Å². The van der Waals surface area contributed by atoms with Crippen LogP contribution in [0.2, 0.25) is 0 Å². The van der Waals surface area contributed by atoms with E-state index in [1.54, 1.807) is 6.07 Å². The lowest BCUT2D eigenvalue weighted by atomic mass is 10.1. The lowest BCUT2D eigenvalue weighted by molar-refractivity contribution is -0.138. The third-order valence-electron chi connectivity index (χ3n) is 6.88. The van der Waals surface area contributed by atoms with Gasteiger partial charge in [-0.15, -0.1) is 0 Å². The fourth-order valence-electron chi connectivity index (χ4n) is 5.20. The molecule has 1 saturated carbocycles. The fraction of sp³-hybridized carbons (Fsp3) is 0.682. The summed E-state index contributed by atoms with van der Waals surface area (Å²) < 4.78 is 63.1. The number of halogens is 3. The van der Waals surface area contributed by atoms with E-state index >= 15 is 0 Å². The molecule has 3 fully saturated rings. The number of hydrogen-bond donors (Lipinski definition) is 0. The molecule has 2 saturated heterocycles. The molecule has 3 aliphatic rings. The van der Waals surface area contributed by atoms with Crippen molar-refractivity contribution in [2.75, 3.05) is 49.1 Å². The lowest BCUT2D eigenvalue weighted by Gasteiger charge is -2.39. The number of piperazine rings is 1. The average molecular weight is 474 g/mol. The quantitative estimate of drug-likeness (QED) is 0.658. The van der Waals surface area contributed by atoms with Crippen LogP contribution in [0.5, 0.6) is 0 Å². The van der Waals surface area contributed by atoms with Gasteiger partial charge in [0.2, 0.25) is 5.91 Å². The summed E-state index contributed by atoms with van der Waals surface area (Å²) in [6.07, 6.45) is 0.0972. The maximum absolute atomic E-state index is 13.3. The van der Waals surface area contributed by atoms with Crippen molar-refractivity contribution in [3.8, 4) is 0 Å². The zero-order valence-corrected chi connectivity index (χ0v) is 18.9. The first-order valence-electron chi connectivity index (χ1n) is 11.3. The van der Waals surface area contributed by atoms with Crippen LogP contribution in [0.4, 0.5) is 18.9 Å². The Morgan fingerprint density at radius 1 is 1.03 bits per heavy atom. The van der Waals surface area contributed by atoms with Crippen molar-refractivity contribution in [2.45, 2.75) is 50.4 Å². The van der Waals surface area contributed by atoms with Gasteiger partial charge in [-0.05, 0) is 37.5 Å². The lowest BCUT2D eigenvalue weighted by Crippen LogP contribution is -2.54. The Morgan fingerprint density at radius 3 is 2.31 bits per heavy atom. The van der Waals surface area contributed by atoms with E-state index in [9.17, 15) is 26.4 Å². The largest absolute Gasteiger partial charge is 0.416 e. The van der Waals surface area contributed by atoms with Gasteiger partial charge in [-0.2, -0.15) is 13.2 Å². The standard InChI is InChI=1S/C22H30F3N3O3S/c23-22(24,25)17-4-3-7-19(14-17)27-11-9-26(10-12-27)15-21(29)28(18-5-1-2-6-18)20-8-13-32(30,31)16-20/h3-4,7,14,18,20H,1-2,5-6,8-13,15-16H2/t20-/m0/s1. The molecule has 1 aromatic rings. The first-order chi connectivity index (χ1) is 15.1. The van der Waals surface area contributed by atoms with E-state index in [1.807, 2.05) is 14.7 Å². The van der Waals surface area contributed by atoms with Crippen LogP contribution >= 0.6 is 0 Å². The second-order valence-corrected chi connectivity index (χ2v) is 11.3. The molecule has 178 valence electrons. The van der Waals surface area contributed by atoms with Crippen molar-refractivity contribution < 1.29 is 26.4 Å². The number of carbonyl (C=O) groups excluding carboxylic acids is 1. The summed E-state index contributed by atoms with van der Waals surface area (Å²) in [6, 6.07) is 5.22. The molecule has 0 radical (unpaired) electrons. The van der Waals surface area contributed by atoms with Gasteiger partial charge in [0, 0.05) is 44.0 Å². The Morgan fingerprint density at radius 2 is 1.72 bits per heavy atom. The summed E-state index contributed by atoms with van der Waals surface area (Å²) in [5.74, 6) is 0.175. The monoisotopic (exact) mass is 473 g/mol. The van der Waals surface area contributed by atoms with Crippen molar-refractivity contribution in [1.82, 2.24) is 9.80 Å². The second-order valence-electron chi connectivity index (χ2n) is 9.11. The number of nitrogens with zero attached hydrogens (tertiary/aromatic N) is 3. The zero-order valence-electron chi connectivity index (χ0n) is 18.1. The number of hydrogen-bond acceptors (Lipinski definition) is 5. The second kappa shape index (κ2) is 9.21. The molecule has 1 aromatic carbocycles. The minimum atomic E-state index is -4.37. The van der Waals surface area contributed by atoms with Gasteiger partial charge in [-0.1, -0.05) is 18.9 Å². The van der Waals surface area contributed by atoms with Gasteiger partial charge in [0.25, 0.3) is 0 Å². The molecular weight excluding hydrogens is 443 g/mol. The predicted molar refractivity (Wildman–Crippen MR) is 116 cm³/mol. The third-order valence-corrected chi connectivity index (χ3v) is 8.63. The number of sulfone groups is 1.